The van der Waals surface area contributed by atoms with Gasteiger partial charge in [0.05, 0.1) is 5.69 Å². The van der Waals surface area contributed by atoms with E-state index in [1.165, 1.54) is 11.3 Å². The summed E-state index contributed by atoms with van der Waals surface area (Å²) in [4.78, 5) is 0. The number of nitrogens with zero attached hydrogens (tertiary/aromatic N) is 2. The number of rotatable bonds is 3. The summed E-state index contributed by atoms with van der Waals surface area (Å²) in [5.74, 6) is 5.89. The van der Waals surface area contributed by atoms with Gasteiger partial charge in [-0.1, -0.05) is 0 Å². The molecular formula is C10H18N4O. The van der Waals surface area contributed by atoms with E-state index in [0.29, 0.717) is 12.5 Å². The molecule has 0 bridgehead atoms. The Balaban J connectivity index is 2.17. The van der Waals surface area contributed by atoms with Gasteiger partial charge in [0.15, 0.2) is 0 Å². The van der Waals surface area contributed by atoms with E-state index in [1.54, 1.807) is 0 Å². The van der Waals surface area contributed by atoms with Gasteiger partial charge in [-0.2, -0.15) is 5.10 Å². The topological polar surface area (TPSA) is 65.1 Å². The third kappa shape index (κ3) is 2.37. The maximum Gasteiger partial charge on any atom is 0.0702 e. The van der Waals surface area contributed by atoms with Crippen molar-refractivity contribution in [1.29, 1.82) is 0 Å². The van der Waals surface area contributed by atoms with Crippen molar-refractivity contribution < 1.29 is 4.74 Å². The molecule has 2 heterocycles. The summed E-state index contributed by atoms with van der Waals surface area (Å²) >= 11 is 0. The number of nitrogens with one attached hydrogen (secondary N) is 1. The van der Waals surface area contributed by atoms with Crippen LogP contribution in [-0.2, 0) is 18.3 Å². The van der Waals surface area contributed by atoms with Gasteiger partial charge in [-0.15, -0.1) is 0 Å². The molecule has 1 saturated heterocycles. The zero-order valence-electron chi connectivity index (χ0n) is 9.07. The molecule has 0 unspecified atom stereocenters. The predicted octanol–water partition coefficient (Wildman–Crippen LogP) is 0.277. The van der Waals surface area contributed by atoms with Crippen LogP contribution in [0.3, 0.4) is 0 Å². The Kier molecular flexibility index (Phi) is 3.35. The first-order valence-corrected chi connectivity index (χ1v) is 5.35. The van der Waals surface area contributed by atoms with Crippen LogP contribution in [0.25, 0.3) is 0 Å². The Morgan fingerprint density at radius 2 is 2.33 bits per heavy atom. The minimum Gasteiger partial charge on any atom is -0.381 e. The Labute approximate surface area is 89.6 Å². The van der Waals surface area contributed by atoms with Crippen molar-refractivity contribution in [2.75, 3.05) is 13.2 Å². The highest BCUT2D eigenvalue weighted by Crippen LogP contribution is 2.27. The SMILES string of the molecule is Cn1cc(CNN)c(C2CCOCC2)n1. The van der Waals surface area contributed by atoms with Gasteiger partial charge < -0.3 is 4.74 Å². The lowest BCUT2D eigenvalue weighted by Crippen LogP contribution is -2.22. The molecule has 1 aromatic heterocycles. The average Bonchev–Trinajstić information content (AvgIpc) is 2.62. The molecule has 3 N–H and O–H groups in total. The average molecular weight is 210 g/mol. The predicted molar refractivity (Wildman–Crippen MR) is 57.0 cm³/mol. The van der Waals surface area contributed by atoms with Crippen molar-refractivity contribution in [3.05, 3.63) is 17.5 Å². The van der Waals surface area contributed by atoms with E-state index >= 15 is 0 Å². The lowest BCUT2D eigenvalue weighted by molar-refractivity contribution is 0.0842. The smallest absolute Gasteiger partial charge is 0.0702 e. The van der Waals surface area contributed by atoms with Gasteiger partial charge in [0.2, 0.25) is 0 Å². The monoisotopic (exact) mass is 210 g/mol. The Bertz CT molecular complexity index is 317. The summed E-state index contributed by atoms with van der Waals surface area (Å²) in [7, 11) is 1.95. The standard InChI is InChI=1S/C10H18N4O/c1-14-7-9(6-12-11)10(13-14)8-2-4-15-5-3-8/h7-8,12H,2-6,11H2,1H3. The number of hydrogen-bond acceptors (Lipinski definition) is 4. The molecule has 1 aromatic rings. The number of ether oxygens (including phenoxy) is 1. The fourth-order valence-electron chi connectivity index (χ4n) is 2.12. The van der Waals surface area contributed by atoms with Crippen molar-refractivity contribution >= 4 is 0 Å². The van der Waals surface area contributed by atoms with E-state index in [9.17, 15) is 0 Å². The van der Waals surface area contributed by atoms with Crippen LogP contribution in [0.1, 0.15) is 30.0 Å². The van der Waals surface area contributed by atoms with E-state index in [0.717, 1.165) is 26.1 Å². The first-order valence-electron chi connectivity index (χ1n) is 5.35. The van der Waals surface area contributed by atoms with Gasteiger partial charge in [0.25, 0.3) is 0 Å². The van der Waals surface area contributed by atoms with Crippen LogP contribution in [0.2, 0.25) is 0 Å². The fraction of sp³-hybridized carbons (Fsp3) is 0.700. The van der Waals surface area contributed by atoms with Crippen LogP contribution in [0.5, 0.6) is 0 Å². The van der Waals surface area contributed by atoms with Gasteiger partial charge >= 0.3 is 0 Å². The molecule has 0 amide bonds. The van der Waals surface area contributed by atoms with E-state index in [4.69, 9.17) is 10.6 Å². The zero-order valence-corrected chi connectivity index (χ0v) is 9.07. The van der Waals surface area contributed by atoms with Crippen LogP contribution in [0.15, 0.2) is 6.20 Å². The molecule has 5 nitrogen and oxygen atoms in total. The maximum absolute atomic E-state index is 5.36. The molecule has 0 radical (unpaired) electrons. The summed E-state index contributed by atoms with van der Waals surface area (Å²) in [5, 5.41) is 4.52. The van der Waals surface area contributed by atoms with E-state index in [1.807, 2.05) is 17.9 Å². The summed E-state index contributed by atoms with van der Waals surface area (Å²) in [6, 6.07) is 0. The number of hydrogen-bond donors (Lipinski definition) is 2. The molecule has 1 aliphatic rings. The lowest BCUT2D eigenvalue weighted by Gasteiger charge is -2.21. The lowest BCUT2D eigenvalue weighted by atomic mass is 9.94. The van der Waals surface area contributed by atoms with Crippen molar-refractivity contribution in [2.24, 2.45) is 12.9 Å². The van der Waals surface area contributed by atoms with Crippen molar-refractivity contribution in [3.8, 4) is 0 Å². The minimum atomic E-state index is 0.531. The van der Waals surface area contributed by atoms with Gasteiger partial charge in [0, 0.05) is 44.5 Å². The highest BCUT2D eigenvalue weighted by molar-refractivity contribution is 5.21. The molecule has 2 rings (SSSR count). The Hall–Kier alpha value is -0.910. The van der Waals surface area contributed by atoms with Crippen molar-refractivity contribution in [1.82, 2.24) is 15.2 Å². The third-order valence-electron chi connectivity index (χ3n) is 2.84. The second-order valence-electron chi connectivity index (χ2n) is 3.98. The normalized spacial score (nSPS) is 18.3. The largest absolute Gasteiger partial charge is 0.381 e. The van der Waals surface area contributed by atoms with Crippen molar-refractivity contribution in [2.45, 2.75) is 25.3 Å². The van der Waals surface area contributed by atoms with Crippen LogP contribution in [0, 0.1) is 0 Å². The van der Waals surface area contributed by atoms with Gasteiger partial charge in [-0.05, 0) is 12.8 Å². The first-order chi connectivity index (χ1) is 7.31. The third-order valence-corrected chi connectivity index (χ3v) is 2.84. The number of hydrazine groups is 1. The molecule has 0 aliphatic carbocycles. The molecule has 1 fully saturated rings. The molecule has 84 valence electrons. The van der Waals surface area contributed by atoms with Crippen LogP contribution in [-0.4, -0.2) is 23.0 Å². The molecule has 1 aliphatic heterocycles. The van der Waals surface area contributed by atoms with Crippen LogP contribution < -0.4 is 11.3 Å². The first kappa shape index (κ1) is 10.6. The number of aromatic nitrogens is 2. The molecule has 0 spiro atoms. The molecule has 0 aromatic carbocycles. The van der Waals surface area contributed by atoms with Crippen LogP contribution in [0.4, 0.5) is 0 Å². The van der Waals surface area contributed by atoms with Gasteiger partial charge in [-0.25, -0.2) is 0 Å². The summed E-state index contributed by atoms with van der Waals surface area (Å²) < 4.78 is 7.21. The van der Waals surface area contributed by atoms with Gasteiger partial charge in [0.1, 0.15) is 0 Å². The molecule has 0 saturated carbocycles. The molecule has 5 heteroatoms. The maximum atomic E-state index is 5.36. The quantitative estimate of drug-likeness (QED) is 0.555. The molecule has 15 heavy (non-hydrogen) atoms. The highest BCUT2D eigenvalue weighted by atomic mass is 16.5. The summed E-state index contributed by atoms with van der Waals surface area (Å²) in [6.07, 6.45) is 4.16. The Morgan fingerprint density at radius 3 is 3.00 bits per heavy atom. The number of nitrogens with two attached hydrogens (primary N) is 1. The molecular weight excluding hydrogens is 192 g/mol. The van der Waals surface area contributed by atoms with Crippen LogP contribution >= 0.6 is 0 Å². The zero-order chi connectivity index (χ0) is 10.7. The minimum absolute atomic E-state index is 0.531. The van der Waals surface area contributed by atoms with E-state index in [2.05, 4.69) is 10.5 Å². The van der Waals surface area contributed by atoms with Gasteiger partial charge in [-0.3, -0.25) is 16.0 Å². The van der Waals surface area contributed by atoms with E-state index < -0.39 is 0 Å². The van der Waals surface area contributed by atoms with Crippen molar-refractivity contribution in [3.63, 3.8) is 0 Å². The summed E-state index contributed by atoms with van der Waals surface area (Å²) in [5.41, 5.74) is 5.07. The van der Waals surface area contributed by atoms with E-state index in [-0.39, 0.29) is 0 Å². The Morgan fingerprint density at radius 1 is 1.60 bits per heavy atom. The molecule has 0 atom stereocenters. The second kappa shape index (κ2) is 4.74. The highest BCUT2D eigenvalue weighted by Gasteiger charge is 2.21. The second-order valence-corrected chi connectivity index (χ2v) is 3.98. The fourth-order valence-corrected chi connectivity index (χ4v) is 2.12. The summed E-state index contributed by atoms with van der Waals surface area (Å²) in [6.45, 7) is 2.37. The number of aryl methyl sites for hydroxylation is 1.